The molecular formula is C18H25N3OS. The van der Waals surface area contributed by atoms with Crippen LogP contribution < -0.4 is 10.6 Å². The Morgan fingerprint density at radius 1 is 1.13 bits per heavy atom. The molecule has 1 heterocycles. The van der Waals surface area contributed by atoms with Gasteiger partial charge in [-0.05, 0) is 30.4 Å². The van der Waals surface area contributed by atoms with E-state index >= 15 is 0 Å². The maximum atomic E-state index is 5.65. The largest absolute Gasteiger partial charge is 0.375 e. The minimum Gasteiger partial charge on any atom is -0.375 e. The molecule has 0 radical (unpaired) electrons. The smallest absolute Gasteiger partial charge is 0.191 e. The lowest BCUT2D eigenvalue weighted by Gasteiger charge is -2.11. The standard InChI is InChI=1S/C18H25N3OS/c1-2-19-18(20-11-10-17-9-6-14-23-17)21-12-13-22-15-16-7-4-3-5-8-16/h3-9,14H,2,10-13,15H2,1H3,(H2,19,20,21). The molecule has 2 N–H and O–H groups in total. The molecule has 124 valence electrons. The lowest BCUT2D eigenvalue weighted by Crippen LogP contribution is -2.38. The van der Waals surface area contributed by atoms with Crippen molar-refractivity contribution >= 4 is 17.3 Å². The highest BCUT2D eigenvalue weighted by Crippen LogP contribution is 2.07. The molecule has 1 aromatic heterocycles. The van der Waals surface area contributed by atoms with Gasteiger partial charge in [-0.15, -0.1) is 11.3 Å². The Kier molecular flexibility index (Phi) is 8.22. The Labute approximate surface area is 142 Å². The zero-order valence-corrected chi connectivity index (χ0v) is 14.4. The van der Waals surface area contributed by atoms with Gasteiger partial charge in [0.05, 0.1) is 19.8 Å². The predicted octanol–water partition coefficient (Wildman–Crippen LogP) is 3.06. The van der Waals surface area contributed by atoms with Gasteiger partial charge in [0.15, 0.2) is 5.96 Å². The van der Waals surface area contributed by atoms with Gasteiger partial charge in [-0.1, -0.05) is 36.4 Å². The molecule has 0 saturated carbocycles. The molecule has 0 unspecified atom stereocenters. The first-order valence-corrected chi connectivity index (χ1v) is 8.92. The van der Waals surface area contributed by atoms with E-state index in [1.165, 1.54) is 10.4 Å². The Bertz CT molecular complexity index is 555. The van der Waals surface area contributed by atoms with E-state index in [0.29, 0.717) is 19.8 Å². The first-order valence-electron chi connectivity index (χ1n) is 8.04. The van der Waals surface area contributed by atoms with Crippen molar-refractivity contribution in [2.24, 2.45) is 4.99 Å². The second kappa shape index (κ2) is 10.8. The fourth-order valence-corrected chi connectivity index (χ4v) is 2.80. The molecule has 5 heteroatoms. The van der Waals surface area contributed by atoms with Crippen LogP contribution in [0.25, 0.3) is 0 Å². The van der Waals surface area contributed by atoms with Gasteiger partial charge in [0, 0.05) is 18.0 Å². The summed E-state index contributed by atoms with van der Waals surface area (Å²) in [6.07, 6.45) is 1.02. The van der Waals surface area contributed by atoms with E-state index in [4.69, 9.17) is 4.74 Å². The second-order valence-corrected chi connectivity index (χ2v) is 6.09. The number of hydrogen-bond donors (Lipinski definition) is 2. The van der Waals surface area contributed by atoms with E-state index in [-0.39, 0.29) is 0 Å². The number of aliphatic imine (C=N–C) groups is 1. The van der Waals surface area contributed by atoms with E-state index in [0.717, 1.165) is 25.5 Å². The van der Waals surface area contributed by atoms with Crippen LogP contribution in [0.5, 0.6) is 0 Å². The number of nitrogens with zero attached hydrogens (tertiary/aromatic N) is 1. The van der Waals surface area contributed by atoms with Crippen molar-refractivity contribution in [1.29, 1.82) is 0 Å². The third-order valence-corrected chi connectivity index (χ3v) is 4.14. The summed E-state index contributed by atoms with van der Waals surface area (Å²) in [5.41, 5.74) is 1.19. The van der Waals surface area contributed by atoms with Crippen LogP contribution in [-0.2, 0) is 17.8 Å². The summed E-state index contributed by atoms with van der Waals surface area (Å²) in [5.74, 6) is 0.854. The van der Waals surface area contributed by atoms with Gasteiger partial charge in [-0.25, -0.2) is 0 Å². The SMILES string of the molecule is CCNC(=NCCOCc1ccccc1)NCCc1cccs1. The number of hydrogen-bond acceptors (Lipinski definition) is 3. The lowest BCUT2D eigenvalue weighted by molar-refractivity contribution is 0.128. The summed E-state index contributed by atoms with van der Waals surface area (Å²) in [4.78, 5) is 5.92. The van der Waals surface area contributed by atoms with Gasteiger partial charge in [0.1, 0.15) is 0 Å². The van der Waals surface area contributed by atoms with E-state index in [1.807, 2.05) is 18.2 Å². The maximum absolute atomic E-state index is 5.65. The predicted molar refractivity (Wildman–Crippen MR) is 98.1 cm³/mol. The van der Waals surface area contributed by atoms with Crippen LogP contribution in [0, 0.1) is 0 Å². The molecule has 0 atom stereocenters. The highest BCUT2D eigenvalue weighted by atomic mass is 32.1. The average molecular weight is 331 g/mol. The Morgan fingerprint density at radius 2 is 2.00 bits per heavy atom. The molecule has 0 aliphatic heterocycles. The highest BCUT2D eigenvalue weighted by Gasteiger charge is 1.98. The highest BCUT2D eigenvalue weighted by molar-refractivity contribution is 7.09. The Balaban J connectivity index is 1.64. The van der Waals surface area contributed by atoms with Gasteiger partial charge in [0.2, 0.25) is 0 Å². The number of nitrogens with one attached hydrogen (secondary N) is 2. The fraction of sp³-hybridized carbons (Fsp3) is 0.389. The summed E-state index contributed by atoms with van der Waals surface area (Å²) in [6, 6.07) is 14.4. The molecule has 0 bridgehead atoms. The molecule has 1 aromatic carbocycles. The minimum atomic E-state index is 0.621. The van der Waals surface area contributed by atoms with E-state index in [1.54, 1.807) is 11.3 Å². The monoisotopic (exact) mass is 331 g/mol. The van der Waals surface area contributed by atoms with Crippen LogP contribution in [0.3, 0.4) is 0 Å². The van der Waals surface area contributed by atoms with Crippen molar-refractivity contribution in [1.82, 2.24) is 10.6 Å². The molecule has 0 fully saturated rings. The summed E-state index contributed by atoms with van der Waals surface area (Å²) in [7, 11) is 0. The molecule has 0 amide bonds. The zero-order chi connectivity index (χ0) is 16.2. The first kappa shape index (κ1) is 17.5. The average Bonchev–Trinajstić information content (AvgIpc) is 3.09. The molecule has 23 heavy (non-hydrogen) atoms. The molecule has 2 aromatic rings. The number of thiophene rings is 1. The second-order valence-electron chi connectivity index (χ2n) is 5.05. The van der Waals surface area contributed by atoms with Crippen molar-refractivity contribution in [3.8, 4) is 0 Å². The van der Waals surface area contributed by atoms with Crippen molar-refractivity contribution < 1.29 is 4.74 Å². The van der Waals surface area contributed by atoms with E-state index in [2.05, 4.69) is 52.2 Å². The van der Waals surface area contributed by atoms with Crippen LogP contribution in [0.2, 0.25) is 0 Å². The van der Waals surface area contributed by atoms with Gasteiger partial charge in [-0.3, -0.25) is 4.99 Å². The van der Waals surface area contributed by atoms with E-state index < -0.39 is 0 Å². The molecule has 0 saturated heterocycles. The normalized spacial score (nSPS) is 11.4. The van der Waals surface area contributed by atoms with Crippen LogP contribution >= 0.6 is 11.3 Å². The summed E-state index contributed by atoms with van der Waals surface area (Å²) in [6.45, 7) is 5.73. The van der Waals surface area contributed by atoms with Gasteiger partial charge >= 0.3 is 0 Å². The van der Waals surface area contributed by atoms with Crippen molar-refractivity contribution in [2.45, 2.75) is 20.0 Å². The Hall–Kier alpha value is -1.85. The summed E-state index contributed by atoms with van der Waals surface area (Å²) in [5, 5.41) is 8.73. The maximum Gasteiger partial charge on any atom is 0.191 e. The van der Waals surface area contributed by atoms with Crippen LogP contribution in [-0.4, -0.2) is 32.2 Å². The van der Waals surface area contributed by atoms with E-state index in [9.17, 15) is 0 Å². The number of guanidine groups is 1. The number of ether oxygens (including phenoxy) is 1. The number of benzene rings is 1. The van der Waals surface area contributed by atoms with Gasteiger partial charge in [0.25, 0.3) is 0 Å². The van der Waals surface area contributed by atoms with Gasteiger partial charge < -0.3 is 15.4 Å². The molecule has 2 rings (SSSR count). The molecule has 0 aliphatic rings. The summed E-state index contributed by atoms with van der Waals surface area (Å²) < 4.78 is 5.65. The van der Waals surface area contributed by atoms with Crippen molar-refractivity contribution in [3.05, 3.63) is 58.3 Å². The fourth-order valence-electron chi connectivity index (χ4n) is 2.09. The lowest BCUT2D eigenvalue weighted by atomic mass is 10.2. The van der Waals surface area contributed by atoms with Crippen molar-refractivity contribution in [3.63, 3.8) is 0 Å². The molecular weight excluding hydrogens is 306 g/mol. The van der Waals surface area contributed by atoms with Crippen LogP contribution in [0.4, 0.5) is 0 Å². The topological polar surface area (TPSA) is 45.7 Å². The summed E-state index contributed by atoms with van der Waals surface area (Å²) >= 11 is 1.79. The molecule has 4 nitrogen and oxygen atoms in total. The third kappa shape index (κ3) is 7.30. The third-order valence-electron chi connectivity index (χ3n) is 3.21. The molecule has 0 aliphatic carbocycles. The zero-order valence-electron chi connectivity index (χ0n) is 13.6. The Morgan fingerprint density at radius 3 is 2.74 bits per heavy atom. The first-order chi connectivity index (χ1) is 11.4. The number of rotatable bonds is 9. The van der Waals surface area contributed by atoms with Crippen LogP contribution in [0.1, 0.15) is 17.4 Å². The molecule has 0 spiro atoms. The quantitative estimate of drug-likeness (QED) is 0.422. The van der Waals surface area contributed by atoms with Crippen molar-refractivity contribution in [2.75, 3.05) is 26.2 Å². The van der Waals surface area contributed by atoms with Crippen LogP contribution in [0.15, 0.2) is 52.8 Å². The minimum absolute atomic E-state index is 0.621. The van der Waals surface area contributed by atoms with Gasteiger partial charge in [-0.2, -0.15) is 0 Å².